The quantitative estimate of drug-likeness (QED) is 0.553. The summed E-state index contributed by atoms with van der Waals surface area (Å²) in [5.74, 6) is 0.895. The predicted octanol–water partition coefficient (Wildman–Crippen LogP) is 3.20. The zero-order valence-corrected chi connectivity index (χ0v) is 9.03. The first kappa shape index (κ1) is 12.0. The van der Waals surface area contributed by atoms with Crippen molar-refractivity contribution in [2.24, 2.45) is 5.92 Å². The number of rotatable bonds is 8. The van der Waals surface area contributed by atoms with Crippen molar-refractivity contribution in [3.8, 4) is 0 Å². The minimum atomic E-state index is 0.895. The van der Waals surface area contributed by atoms with Crippen molar-refractivity contribution in [2.75, 3.05) is 13.1 Å². The second-order valence-corrected chi connectivity index (χ2v) is 3.59. The highest BCUT2D eigenvalue weighted by molar-refractivity contribution is 4.58. The molecule has 0 amide bonds. The van der Waals surface area contributed by atoms with E-state index in [1.54, 1.807) is 0 Å². The number of nitrogens with one attached hydrogen (secondary N) is 1. The van der Waals surface area contributed by atoms with Gasteiger partial charge in [-0.05, 0) is 25.4 Å². The molecule has 0 aromatic rings. The second kappa shape index (κ2) is 9.05. The Hall–Kier alpha value is -0.0400. The Balaban J connectivity index is 3.06. The van der Waals surface area contributed by atoms with Gasteiger partial charge in [0.2, 0.25) is 0 Å². The molecule has 0 rings (SSSR count). The monoisotopic (exact) mass is 171 g/mol. The maximum absolute atomic E-state index is 3.52. The highest BCUT2D eigenvalue weighted by Crippen LogP contribution is 2.04. The van der Waals surface area contributed by atoms with Crippen LogP contribution in [0.4, 0.5) is 0 Å². The van der Waals surface area contributed by atoms with Crippen molar-refractivity contribution in [1.29, 1.82) is 0 Å². The summed E-state index contributed by atoms with van der Waals surface area (Å²) in [6.07, 6.45) is 6.67. The average molecular weight is 171 g/mol. The molecule has 0 aliphatic rings. The van der Waals surface area contributed by atoms with Gasteiger partial charge in [-0.15, -0.1) is 0 Å². The van der Waals surface area contributed by atoms with Crippen molar-refractivity contribution in [3.63, 3.8) is 0 Å². The third-order valence-corrected chi connectivity index (χ3v) is 2.54. The molecule has 0 fully saturated rings. The molecule has 74 valence electrons. The fourth-order valence-electron chi connectivity index (χ4n) is 1.38. The van der Waals surface area contributed by atoms with Gasteiger partial charge in [-0.1, -0.05) is 46.5 Å². The van der Waals surface area contributed by atoms with Gasteiger partial charge in [-0.2, -0.15) is 0 Å². The van der Waals surface area contributed by atoms with Crippen molar-refractivity contribution in [2.45, 2.75) is 52.9 Å². The van der Waals surface area contributed by atoms with Gasteiger partial charge in [0.15, 0.2) is 0 Å². The molecule has 0 aliphatic heterocycles. The zero-order valence-electron chi connectivity index (χ0n) is 9.03. The SMILES string of the molecule is CCCCCNCC(CC)CC. The van der Waals surface area contributed by atoms with Gasteiger partial charge in [0, 0.05) is 0 Å². The van der Waals surface area contributed by atoms with Crippen molar-refractivity contribution in [1.82, 2.24) is 5.32 Å². The third kappa shape index (κ3) is 6.66. The standard InChI is InChI=1S/C11H25N/c1-4-7-8-9-12-10-11(5-2)6-3/h11-12H,4-10H2,1-3H3. The molecule has 0 saturated carbocycles. The van der Waals surface area contributed by atoms with Crippen LogP contribution in [0.1, 0.15) is 52.9 Å². The second-order valence-electron chi connectivity index (χ2n) is 3.59. The Labute approximate surface area is 77.9 Å². The summed E-state index contributed by atoms with van der Waals surface area (Å²) < 4.78 is 0. The Morgan fingerprint density at radius 2 is 1.67 bits per heavy atom. The molecule has 12 heavy (non-hydrogen) atoms. The van der Waals surface area contributed by atoms with E-state index in [1.807, 2.05) is 0 Å². The van der Waals surface area contributed by atoms with Gasteiger partial charge >= 0.3 is 0 Å². The van der Waals surface area contributed by atoms with Gasteiger partial charge in [-0.3, -0.25) is 0 Å². The largest absolute Gasteiger partial charge is 0.316 e. The van der Waals surface area contributed by atoms with E-state index in [9.17, 15) is 0 Å². The van der Waals surface area contributed by atoms with E-state index >= 15 is 0 Å². The van der Waals surface area contributed by atoms with E-state index in [4.69, 9.17) is 0 Å². The van der Waals surface area contributed by atoms with E-state index < -0.39 is 0 Å². The van der Waals surface area contributed by atoms with Crippen LogP contribution in [0, 0.1) is 5.92 Å². The van der Waals surface area contributed by atoms with E-state index in [0.717, 1.165) is 5.92 Å². The molecule has 0 aromatic carbocycles. The van der Waals surface area contributed by atoms with Crippen LogP contribution < -0.4 is 5.32 Å². The average Bonchev–Trinajstić information content (AvgIpc) is 2.11. The predicted molar refractivity (Wildman–Crippen MR) is 56.5 cm³/mol. The molecule has 1 heteroatoms. The van der Waals surface area contributed by atoms with E-state index in [0.29, 0.717) is 0 Å². The molecular formula is C11H25N. The van der Waals surface area contributed by atoms with Crippen LogP contribution in [0.15, 0.2) is 0 Å². The first-order valence-electron chi connectivity index (χ1n) is 5.55. The lowest BCUT2D eigenvalue weighted by atomic mass is 10.0. The van der Waals surface area contributed by atoms with Crippen molar-refractivity contribution < 1.29 is 0 Å². The summed E-state index contributed by atoms with van der Waals surface area (Å²) in [6, 6.07) is 0. The Kier molecular flexibility index (Phi) is 9.02. The molecule has 0 heterocycles. The number of hydrogen-bond acceptors (Lipinski definition) is 1. The molecule has 0 bridgehead atoms. The highest BCUT2D eigenvalue weighted by atomic mass is 14.8. The van der Waals surface area contributed by atoms with Crippen molar-refractivity contribution >= 4 is 0 Å². The maximum Gasteiger partial charge on any atom is -0.00207 e. The lowest BCUT2D eigenvalue weighted by Crippen LogP contribution is -2.23. The Morgan fingerprint density at radius 1 is 1.00 bits per heavy atom. The minimum absolute atomic E-state index is 0.895. The molecule has 0 atom stereocenters. The van der Waals surface area contributed by atoms with E-state index in [-0.39, 0.29) is 0 Å². The van der Waals surface area contributed by atoms with Crippen LogP contribution in [0.2, 0.25) is 0 Å². The lowest BCUT2D eigenvalue weighted by Gasteiger charge is -2.12. The summed E-state index contributed by atoms with van der Waals surface area (Å²) in [6.45, 7) is 9.24. The third-order valence-electron chi connectivity index (χ3n) is 2.54. The molecule has 0 spiro atoms. The first-order valence-corrected chi connectivity index (χ1v) is 5.55. The first-order chi connectivity index (χ1) is 5.85. The molecule has 1 nitrogen and oxygen atoms in total. The van der Waals surface area contributed by atoms with E-state index in [2.05, 4.69) is 26.1 Å². The van der Waals surface area contributed by atoms with Crippen LogP contribution in [0.25, 0.3) is 0 Å². The molecule has 0 aromatic heterocycles. The number of unbranched alkanes of at least 4 members (excludes halogenated alkanes) is 2. The topological polar surface area (TPSA) is 12.0 Å². The summed E-state index contributed by atoms with van der Waals surface area (Å²) in [5.41, 5.74) is 0. The van der Waals surface area contributed by atoms with E-state index in [1.165, 1.54) is 45.2 Å². The van der Waals surface area contributed by atoms with Gasteiger partial charge in [0.25, 0.3) is 0 Å². The van der Waals surface area contributed by atoms with Gasteiger partial charge in [0.1, 0.15) is 0 Å². The van der Waals surface area contributed by atoms with Crippen molar-refractivity contribution in [3.05, 3.63) is 0 Å². The summed E-state index contributed by atoms with van der Waals surface area (Å²) in [4.78, 5) is 0. The van der Waals surface area contributed by atoms with Crippen LogP contribution in [0.5, 0.6) is 0 Å². The van der Waals surface area contributed by atoms with Gasteiger partial charge < -0.3 is 5.32 Å². The summed E-state index contributed by atoms with van der Waals surface area (Å²) >= 11 is 0. The maximum atomic E-state index is 3.52. The fraction of sp³-hybridized carbons (Fsp3) is 1.00. The molecule has 0 aliphatic carbocycles. The molecular weight excluding hydrogens is 146 g/mol. The Bertz CT molecular complexity index is 77.1. The smallest absolute Gasteiger partial charge is 0.00207 e. The van der Waals surface area contributed by atoms with Crippen LogP contribution in [-0.2, 0) is 0 Å². The van der Waals surface area contributed by atoms with Gasteiger partial charge in [-0.25, -0.2) is 0 Å². The van der Waals surface area contributed by atoms with Crippen LogP contribution >= 0.6 is 0 Å². The molecule has 0 unspecified atom stereocenters. The highest BCUT2D eigenvalue weighted by Gasteiger charge is 2.00. The fourth-order valence-corrected chi connectivity index (χ4v) is 1.38. The Morgan fingerprint density at radius 3 is 2.17 bits per heavy atom. The molecule has 0 radical (unpaired) electrons. The number of hydrogen-bond donors (Lipinski definition) is 1. The minimum Gasteiger partial charge on any atom is -0.316 e. The summed E-state index contributed by atoms with van der Waals surface area (Å²) in [7, 11) is 0. The van der Waals surface area contributed by atoms with Crippen LogP contribution in [-0.4, -0.2) is 13.1 Å². The molecule has 1 N–H and O–H groups in total. The molecule has 0 saturated heterocycles. The van der Waals surface area contributed by atoms with Crippen LogP contribution in [0.3, 0.4) is 0 Å². The van der Waals surface area contributed by atoms with Gasteiger partial charge in [0.05, 0.1) is 0 Å². The zero-order chi connectivity index (χ0) is 9.23. The summed E-state index contributed by atoms with van der Waals surface area (Å²) in [5, 5.41) is 3.52. The lowest BCUT2D eigenvalue weighted by molar-refractivity contribution is 0.445. The normalized spacial score (nSPS) is 11.0.